The topological polar surface area (TPSA) is 29.1 Å². The van der Waals surface area contributed by atoms with E-state index in [0.717, 1.165) is 18.2 Å². The number of amides is 1. The van der Waals surface area contributed by atoms with Crippen molar-refractivity contribution in [2.75, 3.05) is 0 Å². The van der Waals surface area contributed by atoms with Gasteiger partial charge in [0.15, 0.2) is 0 Å². The van der Waals surface area contributed by atoms with Crippen LogP contribution in [-0.4, -0.2) is 5.91 Å². The lowest BCUT2D eigenvalue weighted by Gasteiger charge is -2.32. The molecule has 0 radical (unpaired) electrons. The van der Waals surface area contributed by atoms with Crippen molar-refractivity contribution in [2.24, 2.45) is 5.41 Å². The smallest absolute Gasteiger partial charge is 0.226 e. The van der Waals surface area contributed by atoms with Crippen molar-refractivity contribution < 1.29 is 4.79 Å². The van der Waals surface area contributed by atoms with E-state index in [1.165, 1.54) is 30.4 Å². The summed E-state index contributed by atoms with van der Waals surface area (Å²) < 4.78 is 0. The molecular weight excluding hydrogens is 302 g/mol. The number of alkyl halides is 1. The number of rotatable bonds is 4. The Labute approximate surface area is 124 Å². The van der Waals surface area contributed by atoms with Crippen molar-refractivity contribution in [3.8, 4) is 0 Å². The first kappa shape index (κ1) is 14.6. The molecule has 1 saturated carbocycles. The summed E-state index contributed by atoms with van der Waals surface area (Å²) in [5, 5.41) is 3.96. The maximum Gasteiger partial charge on any atom is 0.226 e. The maximum absolute atomic E-state index is 12.3. The molecule has 2 nitrogen and oxygen atoms in total. The Hall–Kier alpha value is -0.830. The van der Waals surface area contributed by atoms with Crippen molar-refractivity contribution in [2.45, 2.75) is 50.9 Å². The molecule has 0 aliphatic heterocycles. The van der Waals surface area contributed by atoms with E-state index in [-0.39, 0.29) is 11.3 Å². The molecule has 0 unspecified atom stereocenters. The Morgan fingerprint density at radius 3 is 2.63 bits per heavy atom. The van der Waals surface area contributed by atoms with Gasteiger partial charge in [0.25, 0.3) is 0 Å². The standard InChI is InChI=1S/C16H22BrNO/c1-16(8-3-2-4-9-16)15(19)18-12-14-7-5-6-13(10-14)11-17/h5-7,10H,2-4,8-9,11-12H2,1H3,(H,18,19). The van der Waals surface area contributed by atoms with Crippen LogP contribution in [0.25, 0.3) is 0 Å². The summed E-state index contributed by atoms with van der Waals surface area (Å²) in [5.74, 6) is 0.219. The van der Waals surface area contributed by atoms with Crippen LogP contribution >= 0.6 is 15.9 Å². The van der Waals surface area contributed by atoms with E-state index < -0.39 is 0 Å². The first-order valence-corrected chi connectivity index (χ1v) is 8.18. The quantitative estimate of drug-likeness (QED) is 0.828. The highest BCUT2D eigenvalue weighted by molar-refractivity contribution is 9.08. The van der Waals surface area contributed by atoms with Gasteiger partial charge in [-0.2, -0.15) is 0 Å². The minimum Gasteiger partial charge on any atom is -0.352 e. The molecule has 1 aromatic rings. The molecule has 1 aliphatic rings. The van der Waals surface area contributed by atoms with Gasteiger partial charge in [-0.05, 0) is 24.0 Å². The van der Waals surface area contributed by atoms with Gasteiger partial charge in [-0.3, -0.25) is 4.79 Å². The van der Waals surface area contributed by atoms with E-state index in [4.69, 9.17) is 0 Å². The molecule has 0 aromatic heterocycles. The van der Waals surface area contributed by atoms with Gasteiger partial charge in [-0.25, -0.2) is 0 Å². The van der Waals surface area contributed by atoms with Gasteiger partial charge < -0.3 is 5.32 Å². The number of benzene rings is 1. The van der Waals surface area contributed by atoms with Crippen LogP contribution < -0.4 is 5.32 Å². The molecule has 1 fully saturated rings. The van der Waals surface area contributed by atoms with Crippen LogP contribution in [-0.2, 0) is 16.7 Å². The van der Waals surface area contributed by atoms with Crippen molar-refractivity contribution in [3.63, 3.8) is 0 Å². The minimum absolute atomic E-state index is 0.148. The summed E-state index contributed by atoms with van der Waals surface area (Å²) in [6, 6.07) is 8.33. The van der Waals surface area contributed by atoms with Gasteiger partial charge in [0.1, 0.15) is 0 Å². The maximum atomic E-state index is 12.3. The number of hydrogen-bond donors (Lipinski definition) is 1. The largest absolute Gasteiger partial charge is 0.352 e. The van der Waals surface area contributed by atoms with Gasteiger partial charge in [-0.15, -0.1) is 0 Å². The Morgan fingerprint density at radius 2 is 1.95 bits per heavy atom. The van der Waals surface area contributed by atoms with Crippen molar-refractivity contribution in [1.82, 2.24) is 5.32 Å². The van der Waals surface area contributed by atoms with Gasteiger partial charge in [0, 0.05) is 17.3 Å². The first-order chi connectivity index (χ1) is 9.14. The number of hydrogen-bond acceptors (Lipinski definition) is 1. The molecule has 1 aliphatic carbocycles. The zero-order valence-corrected chi connectivity index (χ0v) is 13.1. The van der Waals surface area contributed by atoms with E-state index in [9.17, 15) is 4.79 Å². The highest BCUT2D eigenvalue weighted by Gasteiger charge is 2.34. The minimum atomic E-state index is -0.148. The van der Waals surface area contributed by atoms with Gasteiger partial charge in [-0.1, -0.05) is 66.4 Å². The summed E-state index contributed by atoms with van der Waals surface area (Å²) in [7, 11) is 0. The van der Waals surface area contributed by atoms with Gasteiger partial charge in [0.2, 0.25) is 5.91 Å². The average Bonchev–Trinajstić information content (AvgIpc) is 2.45. The zero-order chi connectivity index (χ0) is 13.7. The predicted molar refractivity (Wildman–Crippen MR) is 82.1 cm³/mol. The third-order valence-corrected chi connectivity index (χ3v) is 4.75. The molecule has 0 bridgehead atoms. The SMILES string of the molecule is CC1(C(=O)NCc2cccc(CBr)c2)CCCCC1. The third-order valence-electron chi connectivity index (χ3n) is 4.10. The summed E-state index contributed by atoms with van der Waals surface area (Å²) in [5.41, 5.74) is 2.27. The van der Waals surface area contributed by atoms with E-state index >= 15 is 0 Å². The fourth-order valence-electron chi connectivity index (χ4n) is 2.78. The lowest BCUT2D eigenvalue weighted by molar-refractivity contribution is -0.132. The van der Waals surface area contributed by atoms with Crippen LogP contribution in [0.3, 0.4) is 0 Å². The van der Waals surface area contributed by atoms with Gasteiger partial charge in [0.05, 0.1) is 0 Å². The van der Waals surface area contributed by atoms with Crippen LogP contribution in [0.15, 0.2) is 24.3 Å². The predicted octanol–water partition coefficient (Wildman–Crippen LogP) is 4.17. The third kappa shape index (κ3) is 3.82. The second-order valence-electron chi connectivity index (χ2n) is 5.76. The van der Waals surface area contributed by atoms with Crippen LogP contribution in [0.2, 0.25) is 0 Å². The van der Waals surface area contributed by atoms with Crippen LogP contribution in [0.1, 0.15) is 50.2 Å². The molecule has 1 N–H and O–H groups in total. The van der Waals surface area contributed by atoms with E-state index in [1.807, 2.05) is 6.07 Å². The highest BCUT2D eigenvalue weighted by Crippen LogP contribution is 2.35. The zero-order valence-electron chi connectivity index (χ0n) is 11.5. The molecular formula is C16H22BrNO. The molecule has 0 atom stereocenters. The van der Waals surface area contributed by atoms with Crippen molar-refractivity contribution in [3.05, 3.63) is 35.4 Å². The molecule has 104 valence electrons. The van der Waals surface area contributed by atoms with E-state index in [0.29, 0.717) is 6.54 Å². The Balaban J connectivity index is 1.92. The average molecular weight is 324 g/mol. The summed E-state index contributed by atoms with van der Waals surface area (Å²) in [4.78, 5) is 12.3. The molecule has 1 aromatic carbocycles. The molecule has 3 heteroatoms. The fourth-order valence-corrected chi connectivity index (χ4v) is 3.13. The van der Waals surface area contributed by atoms with Crippen molar-refractivity contribution in [1.29, 1.82) is 0 Å². The molecule has 2 rings (SSSR count). The van der Waals surface area contributed by atoms with Crippen LogP contribution in [0, 0.1) is 5.41 Å². The number of carbonyl (C=O) groups excluding carboxylic acids is 1. The van der Waals surface area contributed by atoms with E-state index in [1.54, 1.807) is 0 Å². The molecule has 1 amide bonds. The number of nitrogens with one attached hydrogen (secondary N) is 1. The Kier molecular flexibility index (Phi) is 5.03. The first-order valence-electron chi connectivity index (χ1n) is 7.06. The monoisotopic (exact) mass is 323 g/mol. The van der Waals surface area contributed by atoms with Gasteiger partial charge >= 0.3 is 0 Å². The molecule has 0 spiro atoms. The molecule has 0 saturated heterocycles. The van der Waals surface area contributed by atoms with Crippen molar-refractivity contribution >= 4 is 21.8 Å². The Bertz CT molecular complexity index is 438. The lowest BCUT2D eigenvalue weighted by Crippen LogP contribution is -2.39. The summed E-state index contributed by atoms with van der Waals surface area (Å²) in [6.07, 6.45) is 5.70. The normalized spacial score (nSPS) is 18.0. The van der Waals surface area contributed by atoms with Crippen LogP contribution in [0.5, 0.6) is 0 Å². The lowest BCUT2D eigenvalue weighted by atomic mass is 9.75. The highest BCUT2D eigenvalue weighted by atomic mass is 79.9. The second kappa shape index (κ2) is 6.56. The van der Waals surface area contributed by atoms with Crippen LogP contribution in [0.4, 0.5) is 0 Å². The summed E-state index contributed by atoms with van der Waals surface area (Å²) >= 11 is 3.46. The second-order valence-corrected chi connectivity index (χ2v) is 6.32. The summed E-state index contributed by atoms with van der Waals surface area (Å²) in [6.45, 7) is 2.74. The number of carbonyl (C=O) groups is 1. The molecule has 19 heavy (non-hydrogen) atoms. The van der Waals surface area contributed by atoms with E-state index in [2.05, 4.69) is 46.4 Å². The fraction of sp³-hybridized carbons (Fsp3) is 0.562. The number of halogens is 1. The molecule has 0 heterocycles. The Morgan fingerprint density at radius 1 is 1.26 bits per heavy atom.